The van der Waals surface area contributed by atoms with Crippen molar-refractivity contribution in [2.45, 2.75) is 6.92 Å². The maximum absolute atomic E-state index is 12.7. The van der Waals surface area contributed by atoms with E-state index in [1.165, 1.54) is 6.21 Å². The normalized spacial score (nSPS) is 10.9. The number of carbonyl (C=O) groups is 2. The standard InChI is InChI=1S/C26H19ClN2O3/c1-17-5-4-7-20(15-17)26(31)32-24-14-11-18-6-2-3-8-22(18)23(24)16-28-29-25(30)19-9-12-21(27)13-10-19/h2-16H,1H3,(H,29,30)/b28-16+. The zero-order valence-corrected chi connectivity index (χ0v) is 18.0. The predicted molar refractivity (Wildman–Crippen MR) is 127 cm³/mol. The van der Waals surface area contributed by atoms with E-state index < -0.39 is 5.97 Å². The van der Waals surface area contributed by atoms with Gasteiger partial charge >= 0.3 is 5.97 Å². The number of hydrazone groups is 1. The quantitative estimate of drug-likeness (QED) is 0.184. The Morgan fingerprint density at radius 1 is 0.906 bits per heavy atom. The van der Waals surface area contributed by atoms with Gasteiger partial charge in [0.2, 0.25) is 0 Å². The third-order valence-electron chi connectivity index (χ3n) is 4.85. The molecule has 0 spiro atoms. The summed E-state index contributed by atoms with van der Waals surface area (Å²) in [5.41, 5.74) is 4.93. The number of nitrogens with zero attached hydrogens (tertiary/aromatic N) is 1. The van der Waals surface area contributed by atoms with Crippen LogP contribution < -0.4 is 10.2 Å². The fourth-order valence-corrected chi connectivity index (χ4v) is 3.38. The fraction of sp³-hybridized carbons (Fsp3) is 0.0385. The lowest BCUT2D eigenvalue weighted by Gasteiger charge is -2.11. The molecule has 4 rings (SSSR count). The van der Waals surface area contributed by atoms with Gasteiger partial charge in [0.25, 0.3) is 5.91 Å². The number of nitrogens with one attached hydrogen (secondary N) is 1. The van der Waals surface area contributed by atoms with Gasteiger partial charge in [-0.05, 0) is 60.2 Å². The molecule has 0 aliphatic rings. The summed E-state index contributed by atoms with van der Waals surface area (Å²) in [7, 11) is 0. The Hall–Kier alpha value is -3.96. The van der Waals surface area contributed by atoms with Crippen molar-refractivity contribution in [3.05, 3.63) is 112 Å². The van der Waals surface area contributed by atoms with E-state index in [1.807, 2.05) is 43.3 Å². The topological polar surface area (TPSA) is 67.8 Å². The Bertz CT molecular complexity index is 1330. The number of fused-ring (bicyclic) bond motifs is 1. The average molecular weight is 443 g/mol. The van der Waals surface area contributed by atoms with Crippen LogP contribution in [-0.2, 0) is 0 Å². The van der Waals surface area contributed by atoms with Gasteiger partial charge in [-0.3, -0.25) is 4.79 Å². The van der Waals surface area contributed by atoms with Crippen LogP contribution in [0.1, 0.15) is 31.8 Å². The van der Waals surface area contributed by atoms with Crippen molar-refractivity contribution in [1.82, 2.24) is 5.43 Å². The summed E-state index contributed by atoms with van der Waals surface area (Å²) in [6.07, 6.45) is 1.48. The summed E-state index contributed by atoms with van der Waals surface area (Å²) in [6.45, 7) is 1.91. The molecular weight excluding hydrogens is 424 g/mol. The maximum Gasteiger partial charge on any atom is 0.343 e. The predicted octanol–water partition coefficient (Wildman–Crippen LogP) is 5.78. The van der Waals surface area contributed by atoms with Crippen LogP contribution in [0.15, 0.2) is 90.0 Å². The smallest absolute Gasteiger partial charge is 0.343 e. The molecule has 0 radical (unpaired) electrons. The molecule has 0 atom stereocenters. The summed E-state index contributed by atoms with van der Waals surface area (Å²) in [5, 5.41) is 6.43. The minimum absolute atomic E-state index is 0.347. The molecule has 4 aromatic rings. The Balaban J connectivity index is 1.62. The lowest BCUT2D eigenvalue weighted by Crippen LogP contribution is -2.17. The summed E-state index contributed by atoms with van der Waals surface area (Å²) in [5.74, 6) is -0.500. The van der Waals surface area contributed by atoms with E-state index in [4.69, 9.17) is 16.3 Å². The van der Waals surface area contributed by atoms with Crippen molar-refractivity contribution < 1.29 is 14.3 Å². The van der Waals surface area contributed by atoms with Crippen molar-refractivity contribution in [2.75, 3.05) is 0 Å². The summed E-state index contributed by atoms with van der Waals surface area (Å²) in [4.78, 5) is 25.0. The Morgan fingerprint density at radius 2 is 1.69 bits per heavy atom. The number of amides is 1. The van der Waals surface area contributed by atoms with Gasteiger partial charge < -0.3 is 4.74 Å². The zero-order valence-electron chi connectivity index (χ0n) is 17.2. The Labute approximate surface area is 190 Å². The molecule has 0 heterocycles. The van der Waals surface area contributed by atoms with Crippen molar-refractivity contribution in [1.29, 1.82) is 0 Å². The lowest BCUT2D eigenvalue weighted by molar-refractivity contribution is 0.0734. The van der Waals surface area contributed by atoms with Crippen LogP contribution in [0.2, 0.25) is 5.02 Å². The summed E-state index contributed by atoms with van der Waals surface area (Å²) >= 11 is 5.87. The van der Waals surface area contributed by atoms with E-state index in [1.54, 1.807) is 48.5 Å². The highest BCUT2D eigenvalue weighted by molar-refractivity contribution is 6.30. The Kier molecular flexibility index (Phi) is 6.29. The van der Waals surface area contributed by atoms with E-state index in [0.29, 0.717) is 27.5 Å². The first-order valence-electron chi connectivity index (χ1n) is 9.91. The van der Waals surface area contributed by atoms with Crippen LogP contribution in [-0.4, -0.2) is 18.1 Å². The molecule has 0 aliphatic carbocycles. The molecule has 0 saturated carbocycles. The van der Waals surface area contributed by atoms with E-state index >= 15 is 0 Å². The van der Waals surface area contributed by atoms with Gasteiger partial charge in [-0.25, -0.2) is 10.2 Å². The number of benzene rings is 4. The van der Waals surface area contributed by atoms with Gasteiger partial charge in [-0.1, -0.05) is 59.6 Å². The minimum Gasteiger partial charge on any atom is -0.422 e. The summed E-state index contributed by atoms with van der Waals surface area (Å²) in [6, 6.07) is 24.9. The number of esters is 1. The first-order chi connectivity index (χ1) is 15.5. The van der Waals surface area contributed by atoms with Crippen LogP contribution >= 0.6 is 11.6 Å². The van der Waals surface area contributed by atoms with Crippen LogP contribution in [0.25, 0.3) is 10.8 Å². The molecule has 4 aromatic carbocycles. The average Bonchev–Trinajstić information content (AvgIpc) is 2.80. The van der Waals surface area contributed by atoms with E-state index in [-0.39, 0.29) is 5.91 Å². The molecular formula is C26H19ClN2O3. The van der Waals surface area contributed by atoms with Gasteiger partial charge in [0.15, 0.2) is 0 Å². The zero-order chi connectivity index (χ0) is 22.5. The van der Waals surface area contributed by atoms with Crippen molar-refractivity contribution in [3.63, 3.8) is 0 Å². The van der Waals surface area contributed by atoms with E-state index in [9.17, 15) is 9.59 Å². The molecule has 0 unspecified atom stereocenters. The second-order valence-corrected chi connectivity index (χ2v) is 7.60. The second-order valence-electron chi connectivity index (χ2n) is 7.16. The first kappa shape index (κ1) is 21.3. The van der Waals surface area contributed by atoms with Gasteiger partial charge in [-0.2, -0.15) is 5.10 Å². The third kappa shape index (κ3) is 4.85. The molecule has 1 amide bonds. The summed E-state index contributed by atoms with van der Waals surface area (Å²) < 4.78 is 5.69. The van der Waals surface area contributed by atoms with Crippen LogP contribution in [0.5, 0.6) is 5.75 Å². The largest absolute Gasteiger partial charge is 0.422 e. The molecule has 0 saturated heterocycles. The van der Waals surface area contributed by atoms with Gasteiger partial charge in [0.05, 0.1) is 11.8 Å². The van der Waals surface area contributed by atoms with Crippen LogP contribution in [0.4, 0.5) is 0 Å². The van der Waals surface area contributed by atoms with E-state index in [0.717, 1.165) is 16.3 Å². The fourth-order valence-electron chi connectivity index (χ4n) is 3.25. The molecule has 32 heavy (non-hydrogen) atoms. The van der Waals surface area contributed by atoms with Gasteiger partial charge in [0, 0.05) is 16.1 Å². The lowest BCUT2D eigenvalue weighted by atomic mass is 10.0. The number of hydrogen-bond acceptors (Lipinski definition) is 4. The van der Waals surface area contributed by atoms with E-state index in [2.05, 4.69) is 10.5 Å². The first-order valence-corrected chi connectivity index (χ1v) is 10.3. The highest BCUT2D eigenvalue weighted by Crippen LogP contribution is 2.27. The third-order valence-corrected chi connectivity index (χ3v) is 5.11. The molecule has 158 valence electrons. The molecule has 0 aromatic heterocycles. The number of hydrogen-bond donors (Lipinski definition) is 1. The Morgan fingerprint density at radius 3 is 2.47 bits per heavy atom. The van der Waals surface area contributed by atoms with Gasteiger partial charge in [-0.15, -0.1) is 0 Å². The number of carbonyl (C=O) groups excluding carboxylic acids is 2. The highest BCUT2D eigenvalue weighted by atomic mass is 35.5. The second kappa shape index (κ2) is 9.45. The molecule has 1 N–H and O–H groups in total. The SMILES string of the molecule is Cc1cccc(C(=O)Oc2ccc3ccccc3c2/C=N/NC(=O)c2ccc(Cl)cc2)c1. The minimum atomic E-state index is -0.469. The molecule has 0 aliphatic heterocycles. The molecule has 0 bridgehead atoms. The van der Waals surface area contributed by atoms with Gasteiger partial charge in [0.1, 0.15) is 5.75 Å². The van der Waals surface area contributed by atoms with Crippen molar-refractivity contribution >= 4 is 40.5 Å². The monoisotopic (exact) mass is 442 g/mol. The number of halogens is 1. The number of ether oxygens (including phenoxy) is 1. The number of rotatable bonds is 5. The molecule has 5 nitrogen and oxygen atoms in total. The highest BCUT2D eigenvalue weighted by Gasteiger charge is 2.14. The van der Waals surface area contributed by atoms with Crippen LogP contribution in [0, 0.1) is 6.92 Å². The molecule has 0 fully saturated rings. The maximum atomic E-state index is 12.7. The van der Waals surface area contributed by atoms with Crippen LogP contribution in [0.3, 0.4) is 0 Å². The number of aryl methyl sites for hydroxylation is 1. The molecule has 6 heteroatoms. The van der Waals surface area contributed by atoms with Crippen molar-refractivity contribution in [3.8, 4) is 5.75 Å². The van der Waals surface area contributed by atoms with Crippen molar-refractivity contribution in [2.24, 2.45) is 5.10 Å².